The van der Waals surface area contributed by atoms with Crippen LogP contribution in [0.4, 0.5) is 5.69 Å². The second-order valence-electron chi connectivity index (χ2n) is 6.11. The van der Waals surface area contributed by atoms with Crippen molar-refractivity contribution >= 4 is 39.3 Å². The molecule has 0 spiro atoms. The van der Waals surface area contributed by atoms with Crippen LogP contribution in [0.15, 0.2) is 47.9 Å². The summed E-state index contributed by atoms with van der Waals surface area (Å²) in [6, 6.07) is 12.5. The van der Waals surface area contributed by atoms with Gasteiger partial charge in [-0.2, -0.15) is 4.31 Å². The molecule has 0 saturated carbocycles. The molecule has 0 aliphatic carbocycles. The minimum atomic E-state index is -3.54. The minimum absolute atomic E-state index is 0.139. The first kappa shape index (κ1) is 18.6. The number of fused-ring (bicyclic) bond motifs is 1. The van der Waals surface area contributed by atoms with Gasteiger partial charge in [0.25, 0.3) is 0 Å². The van der Waals surface area contributed by atoms with Crippen molar-refractivity contribution in [2.45, 2.75) is 19.9 Å². The van der Waals surface area contributed by atoms with E-state index in [2.05, 4.69) is 5.32 Å². The second kappa shape index (κ2) is 7.61. The van der Waals surface area contributed by atoms with Gasteiger partial charge in [-0.3, -0.25) is 4.79 Å². The van der Waals surface area contributed by atoms with Crippen LogP contribution in [0.5, 0.6) is 0 Å². The third-order valence-electron chi connectivity index (χ3n) is 4.20. The zero-order valence-corrected chi connectivity index (χ0v) is 15.8. The van der Waals surface area contributed by atoms with E-state index in [4.69, 9.17) is 11.6 Å². The van der Waals surface area contributed by atoms with E-state index in [9.17, 15) is 13.2 Å². The number of sulfonamides is 1. The molecule has 0 unspecified atom stereocenters. The molecule has 0 fully saturated rings. The van der Waals surface area contributed by atoms with E-state index in [1.807, 2.05) is 18.2 Å². The molecule has 2 aromatic carbocycles. The molecule has 0 atom stereocenters. The lowest BCUT2D eigenvalue weighted by Crippen LogP contribution is -2.35. The molecule has 1 amide bonds. The molecule has 136 valence electrons. The van der Waals surface area contributed by atoms with Gasteiger partial charge in [0.2, 0.25) is 15.9 Å². The van der Waals surface area contributed by atoms with Gasteiger partial charge in [0.1, 0.15) is 0 Å². The Morgan fingerprint density at radius 3 is 2.62 bits per heavy atom. The van der Waals surface area contributed by atoms with Crippen LogP contribution in [0, 0.1) is 0 Å². The molecular formula is C19H19ClN2O3S. The van der Waals surface area contributed by atoms with Crippen LogP contribution in [-0.2, 0) is 27.8 Å². The van der Waals surface area contributed by atoms with E-state index in [0.29, 0.717) is 18.0 Å². The summed E-state index contributed by atoms with van der Waals surface area (Å²) in [4.78, 5) is 11.3. The molecule has 0 bridgehead atoms. The predicted molar refractivity (Wildman–Crippen MR) is 104 cm³/mol. The molecule has 5 nitrogen and oxygen atoms in total. The second-order valence-corrected chi connectivity index (χ2v) is 8.36. The van der Waals surface area contributed by atoms with Gasteiger partial charge in [0, 0.05) is 36.1 Å². The van der Waals surface area contributed by atoms with Gasteiger partial charge >= 0.3 is 0 Å². The van der Waals surface area contributed by atoms with Gasteiger partial charge in [-0.05, 0) is 47.4 Å². The van der Waals surface area contributed by atoms with Crippen molar-refractivity contribution in [2.75, 3.05) is 11.9 Å². The first-order chi connectivity index (χ1) is 12.3. The lowest BCUT2D eigenvalue weighted by atomic mass is 9.99. The summed E-state index contributed by atoms with van der Waals surface area (Å²) in [5.74, 6) is -0.139. The van der Waals surface area contributed by atoms with Crippen LogP contribution in [0.25, 0.3) is 6.08 Å². The zero-order valence-electron chi connectivity index (χ0n) is 14.3. The number of amides is 1. The number of halogens is 1. The summed E-state index contributed by atoms with van der Waals surface area (Å²) in [5.41, 5.74) is 3.42. The van der Waals surface area contributed by atoms with Gasteiger partial charge in [-0.1, -0.05) is 35.9 Å². The topological polar surface area (TPSA) is 66.5 Å². The van der Waals surface area contributed by atoms with Crippen LogP contribution in [0.3, 0.4) is 0 Å². The van der Waals surface area contributed by atoms with E-state index in [0.717, 1.165) is 22.4 Å². The molecule has 7 heteroatoms. The maximum atomic E-state index is 12.6. The summed E-state index contributed by atoms with van der Waals surface area (Å²) in [5, 5.41) is 4.63. The number of carbonyl (C=O) groups is 1. The molecule has 3 rings (SSSR count). The molecule has 2 aromatic rings. The highest BCUT2D eigenvalue weighted by Gasteiger charge is 2.26. The standard InChI is InChI=1S/C19H19ClN2O3S/c1-14(23)21-19-4-2-3-16-13-22(11-9-18(16)19)26(24,25)12-10-15-5-7-17(20)8-6-15/h2-8,10,12H,9,11,13H2,1H3,(H,21,23). The van der Waals surface area contributed by atoms with Gasteiger partial charge in [-0.25, -0.2) is 8.42 Å². The van der Waals surface area contributed by atoms with Crippen LogP contribution in [-0.4, -0.2) is 25.2 Å². The monoisotopic (exact) mass is 390 g/mol. The number of hydrogen-bond donors (Lipinski definition) is 1. The molecule has 1 aliphatic heterocycles. The third-order valence-corrected chi connectivity index (χ3v) is 5.97. The van der Waals surface area contributed by atoms with Crippen molar-refractivity contribution in [1.29, 1.82) is 0 Å². The maximum Gasteiger partial charge on any atom is 0.236 e. The van der Waals surface area contributed by atoms with Gasteiger partial charge in [0.05, 0.1) is 0 Å². The smallest absolute Gasteiger partial charge is 0.236 e. The third kappa shape index (κ3) is 4.33. The fourth-order valence-electron chi connectivity index (χ4n) is 2.93. The van der Waals surface area contributed by atoms with E-state index in [1.54, 1.807) is 30.3 Å². The number of hydrogen-bond acceptors (Lipinski definition) is 3. The largest absolute Gasteiger partial charge is 0.326 e. The lowest BCUT2D eigenvalue weighted by molar-refractivity contribution is -0.114. The van der Waals surface area contributed by atoms with Crippen molar-refractivity contribution in [1.82, 2.24) is 4.31 Å². The van der Waals surface area contributed by atoms with Crippen LogP contribution in [0.2, 0.25) is 5.02 Å². The zero-order chi connectivity index (χ0) is 18.7. The van der Waals surface area contributed by atoms with Crippen LogP contribution < -0.4 is 5.32 Å². The summed E-state index contributed by atoms with van der Waals surface area (Å²) in [7, 11) is -3.54. The summed E-state index contributed by atoms with van der Waals surface area (Å²) in [6.07, 6.45) is 2.12. The Balaban J connectivity index is 1.79. The number of benzene rings is 2. The summed E-state index contributed by atoms with van der Waals surface area (Å²) < 4.78 is 26.7. The Morgan fingerprint density at radius 1 is 1.19 bits per heavy atom. The van der Waals surface area contributed by atoms with Crippen LogP contribution >= 0.6 is 11.6 Å². The number of carbonyl (C=O) groups excluding carboxylic acids is 1. The Morgan fingerprint density at radius 2 is 1.92 bits per heavy atom. The van der Waals surface area contributed by atoms with Crippen molar-refractivity contribution in [3.63, 3.8) is 0 Å². The van der Waals surface area contributed by atoms with E-state index in [-0.39, 0.29) is 12.5 Å². The molecule has 1 N–H and O–H groups in total. The van der Waals surface area contributed by atoms with Crippen LogP contribution in [0.1, 0.15) is 23.6 Å². The highest BCUT2D eigenvalue weighted by molar-refractivity contribution is 7.92. The van der Waals surface area contributed by atoms with Gasteiger partial charge in [0.15, 0.2) is 0 Å². The van der Waals surface area contributed by atoms with E-state index >= 15 is 0 Å². The quantitative estimate of drug-likeness (QED) is 0.866. The molecule has 0 radical (unpaired) electrons. The van der Waals surface area contributed by atoms with Crippen molar-refractivity contribution in [3.05, 3.63) is 69.6 Å². The van der Waals surface area contributed by atoms with Crippen molar-refractivity contribution < 1.29 is 13.2 Å². The van der Waals surface area contributed by atoms with Crippen molar-refractivity contribution in [2.24, 2.45) is 0 Å². The normalized spacial score (nSPS) is 15.0. The number of anilines is 1. The SMILES string of the molecule is CC(=O)Nc1cccc2c1CCN(S(=O)(=O)C=Cc1ccc(Cl)cc1)C2. The molecular weight excluding hydrogens is 372 g/mol. The Labute approximate surface area is 158 Å². The van der Waals surface area contributed by atoms with Gasteiger partial charge < -0.3 is 5.32 Å². The maximum absolute atomic E-state index is 12.6. The fourth-order valence-corrected chi connectivity index (χ4v) is 4.22. The first-order valence-electron chi connectivity index (χ1n) is 8.17. The minimum Gasteiger partial charge on any atom is -0.326 e. The number of nitrogens with one attached hydrogen (secondary N) is 1. The average molecular weight is 391 g/mol. The highest BCUT2D eigenvalue weighted by atomic mass is 35.5. The Bertz CT molecular complexity index is 953. The predicted octanol–water partition coefficient (Wildman–Crippen LogP) is 3.66. The lowest BCUT2D eigenvalue weighted by Gasteiger charge is -2.28. The summed E-state index contributed by atoms with van der Waals surface area (Å²) >= 11 is 5.84. The van der Waals surface area contributed by atoms with Gasteiger partial charge in [-0.15, -0.1) is 0 Å². The molecule has 1 aliphatic rings. The first-order valence-corrected chi connectivity index (χ1v) is 10.1. The Kier molecular flexibility index (Phi) is 5.46. The fraction of sp³-hybridized carbons (Fsp3) is 0.211. The molecule has 0 saturated heterocycles. The highest BCUT2D eigenvalue weighted by Crippen LogP contribution is 2.28. The van der Waals surface area contributed by atoms with Crippen molar-refractivity contribution in [3.8, 4) is 0 Å². The average Bonchev–Trinajstić information content (AvgIpc) is 2.61. The Hall–Kier alpha value is -2.15. The number of rotatable bonds is 4. The summed E-state index contributed by atoms with van der Waals surface area (Å²) in [6.45, 7) is 2.12. The molecule has 0 aromatic heterocycles. The molecule has 26 heavy (non-hydrogen) atoms. The van der Waals surface area contributed by atoms with E-state index < -0.39 is 10.0 Å². The van der Waals surface area contributed by atoms with E-state index in [1.165, 1.54) is 16.6 Å². The molecule has 1 heterocycles. The number of nitrogens with zero attached hydrogens (tertiary/aromatic N) is 1.